The second kappa shape index (κ2) is 7.82. The molecule has 5 nitrogen and oxygen atoms in total. The number of carbonyl (C=O) groups excluding carboxylic acids is 1. The van der Waals surface area contributed by atoms with Gasteiger partial charge < -0.3 is 9.15 Å². The maximum atomic E-state index is 13.4. The number of alkyl halides is 3. The lowest BCUT2D eigenvalue weighted by Gasteiger charge is -2.17. The number of aromatic nitrogens is 2. The highest BCUT2D eigenvalue weighted by Crippen LogP contribution is 2.37. The lowest BCUT2D eigenvalue weighted by molar-refractivity contribution is -0.229. The van der Waals surface area contributed by atoms with Gasteiger partial charge in [0.05, 0.1) is 15.2 Å². The Hall–Kier alpha value is -2.94. The van der Waals surface area contributed by atoms with Crippen LogP contribution in [0, 0.1) is 0 Å². The molecule has 0 aliphatic rings. The summed E-state index contributed by atoms with van der Waals surface area (Å²) in [6.07, 6.45) is -6.72. The summed E-state index contributed by atoms with van der Waals surface area (Å²) in [5.41, 5.74) is 1.33. The fraction of sp³-hybridized carbons (Fsp3) is 0.250. The van der Waals surface area contributed by atoms with Crippen LogP contribution in [0.1, 0.15) is 29.8 Å². The zero-order valence-corrected chi connectivity index (χ0v) is 15.8. The lowest BCUT2D eigenvalue weighted by Crippen LogP contribution is -2.26. The number of oxazole rings is 1. The number of carbonyl (C=O) groups is 1. The smallest absolute Gasteiger partial charge is 0.434 e. The SMILES string of the molecule is O=C(CCCc1nc2ccccc2s1)OC(c1nc2ccccc2o1)C(F)(F)F. The Kier molecular flexibility index (Phi) is 5.23. The molecular formula is C20H15F3N2O3S. The first-order valence-corrected chi connectivity index (χ1v) is 9.68. The molecule has 2 heterocycles. The predicted molar refractivity (Wildman–Crippen MR) is 101 cm³/mol. The minimum Gasteiger partial charge on any atom is -0.442 e. The van der Waals surface area contributed by atoms with Crippen LogP contribution < -0.4 is 0 Å². The number of rotatable bonds is 6. The molecule has 0 amide bonds. The van der Waals surface area contributed by atoms with E-state index in [-0.39, 0.29) is 17.5 Å². The first-order chi connectivity index (χ1) is 13.9. The number of esters is 1. The molecule has 1 unspecified atom stereocenters. The lowest BCUT2D eigenvalue weighted by atomic mass is 10.2. The van der Waals surface area contributed by atoms with Crippen LogP contribution in [-0.2, 0) is 16.0 Å². The fourth-order valence-electron chi connectivity index (χ4n) is 2.86. The predicted octanol–water partition coefficient (Wildman–Crippen LogP) is 5.61. The van der Waals surface area contributed by atoms with Crippen molar-refractivity contribution in [1.29, 1.82) is 0 Å². The first kappa shape index (κ1) is 19.4. The highest BCUT2D eigenvalue weighted by molar-refractivity contribution is 7.18. The summed E-state index contributed by atoms with van der Waals surface area (Å²) in [6.45, 7) is 0. The van der Waals surface area contributed by atoms with Crippen LogP contribution in [-0.4, -0.2) is 22.1 Å². The Labute approximate surface area is 167 Å². The maximum Gasteiger partial charge on any atom is 0.434 e. The van der Waals surface area contributed by atoms with Crippen molar-refractivity contribution in [2.75, 3.05) is 0 Å². The van der Waals surface area contributed by atoms with Crippen LogP contribution in [0.3, 0.4) is 0 Å². The highest BCUT2D eigenvalue weighted by atomic mass is 32.1. The molecular weight excluding hydrogens is 405 g/mol. The molecule has 0 saturated heterocycles. The number of fused-ring (bicyclic) bond motifs is 2. The van der Waals surface area contributed by atoms with Gasteiger partial charge in [-0.1, -0.05) is 24.3 Å². The summed E-state index contributed by atoms with van der Waals surface area (Å²) in [6, 6.07) is 13.9. The van der Waals surface area contributed by atoms with E-state index in [1.807, 2.05) is 24.3 Å². The number of ether oxygens (including phenoxy) is 1. The number of halogens is 3. The summed E-state index contributed by atoms with van der Waals surface area (Å²) < 4.78 is 51.1. The van der Waals surface area contributed by atoms with Gasteiger partial charge in [0.25, 0.3) is 6.10 Å². The standard InChI is InChI=1S/C20H15F3N2O3S/c21-20(22,23)18(19-25-12-6-1-3-8-14(12)27-19)28-17(26)11-5-10-16-24-13-7-2-4-9-15(13)29-16/h1-4,6-9,18H,5,10-11H2. The third kappa shape index (κ3) is 4.40. The number of hydrogen-bond acceptors (Lipinski definition) is 6. The molecule has 0 fully saturated rings. The molecule has 4 aromatic rings. The Balaban J connectivity index is 1.40. The van der Waals surface area contributed by atoms with E-state index >= 15 is 0 Å². The summed E-state index contributed by atoms with van der Waals surface area (Å²) in [7, 11) is 0. The minimum absolute atomic E-state index is 0.164. The molecule has 29 heavy (non-hydrogen) atoms. The molecule has 2 aromatic carbocycles. The zero-order valence-electron chi connectivity index (χ0n) is 15.0. The summed E-state index contributed by atoms with van der Waals surface area (Å²) in [5, 5.41) is 0.824. The van der Waals surface area contributed by atoms with Gasteiger partial charge in [0.1, 0.15) is 5.52 Å². The molecule has 0 radical (unpaired) electrons. The van der Waals surface area contributed by atoms with Gasteiger partial charge in [-0.05, 0) is 37.1 Å². The molecule has 4 rings (SSSR count). The largest absolute Gasteiger partial charge is 0.442 e. The topological polar surface area (TPSA) is 65.2 Å². The van der Waals surface area contributed by atoms with Crippen molar-refractivity contribution >= 4 is 38.6 Å². The molecule has 2 aromatic heterocycles. The zero-order chi connectivity index (χ0) is 20.4. The van der Waals surface area contributed by atoms with Gasteiger partial charge in [0.2, 0.25) is 5.89 Å². The number of nitrogens with zero attached hydrogens (tertiary/aromatic N) is 2. The Morgan fingerprint density at radius 3 is 2.52 bits per heavy atom. The fourth-order valence-corrected chi connectivity index (χ4v) is 3.87. The van der Waals surface area contributed by atoms with E-state index in [1.165, 1.54) is 23.5 Å². The van der Waals surface area contributed by atoms with Crippen molar-refractivity contribution in [3.05, 3.63) is 59.4 Å². The van der Waals surface area contributed by atoms with E-state index in [4.69, 9.17) is 9.15 Å². The number of thiazole rings is 1. The maximum absolute atomic E-state index is 13.4. The van der Waals surface area contributed by atoms with Crippen LogP contribution in [0.25, 0.3) is 21.3 Å². The van der Waals surface area contributed by atoms with Gasteiger partial charge in [-0.2, -0.15) is 13.2 Å². The molecule has 0 aliphatic heterocycles. The normalized spacial score (nSPS) is 13.1. The van der Waals surface area contributed by atoms with Crippen LogP contribution >= 0.6 is 11.3 Å². The van der Waals surface area contributed by atoms with Crippen LogP contribution in [0.4, 0.5) is 13.2 Å². The van der Waals surface area contributed by atoms with E-state index in [1.54, 1.807) is 12.1 Å². The van der Waals surface area contributed by atoms with Crippen molar-refractivity contribution in [2.24, 2.45) is 0 Å². The van der Waals surface area contributed by atoms with Gasteiger partial charge in [0.15, 0.2) is 5.58 Å². The first-order valence-electron chi connectivity index (χ1n) is 8.86. The quantitative estimate of drug-likeness (QED) is 0.380. The third-order valence-corrected chi connectivity index (χ3v) is 5.29. The molecule has 0 bridgehead atoms. The average molecular weight is 420 g/mol. The summed E-state index contributed by atoms with van der Waals surface area (Å²) >= 11 is 1.50. The number of benzene rings is 2. The van der Waals surface area contributed by atoms with Gasteiger partial charge in [-0.3, -0.25) is 4.79 Å². The van der Waals surface area contributed by atoms with E-state index in [2.05, 4.69) is 9.97 Å². The van der Waals surface area contributed by atoms with Crippen molar-refractivity contribution in [3.8, 4) is 0 Å². The number of para-hydroxylation sites is 3. The van der Waals surface area contributed by atoms with Crippen molar-refractivity contribution in [2.45, 2.75) is 31.5 Å². The molecule has 0 saturated carbocycles. The Bertz CT molecular complexity index is 1090. The van der Waals surface area contributed by atoms with Crippen molar-refractivity contribution < 1.29 is 27.1 Å². The van der Waals surface area contributed by atoms with E-state index in [9.17, 15) is 18.0 Å². The number of aryl methyl sites for hydroxylation is 1. The summed E-state index contributed by atoms with van der Waals surface area (Å²) in [5.74, 6) is -1.64. The number of hydrogen-bond donors (Lipinski definition) is 0. The van der Waals surface area contributed by atoms with Crippen LogP contribution in [0.5, 0.6) is 0 Å². The second-order valence-corrected chi connectivity index (χ2v) is 7.48. The van der Waals surface area contributed by atoms with Crippen molar-refractivity contribution in [1.82, 2.24) is 9.97 Å². The molecule has 0 N–H and O–H groups in total. The molecule has 9 heteroatoms. The Morgan fingerprint density at radius 1 is 1.07 bits per heavy atom. The van der Waals surface area contributed by atoms with Gasteiger partial charge >= 0.3 is 12.1 Å². The molecule has 1 atom stereocenters. The average Bonchev–Trinajstić information content (AvgIpc) is 3.28. The highest BCUT2D eigenvalue weighted by Gasteiger charge is 2.47. The van der Waals surface area contributed by atoms with E-state index < -0.39 is 24.1 Å². The van der Waals surface area contributed by atoms with Crippen LogP contribution in [0.2, 0.25) is 0 Å². The van der Waals surface area contributed by atoms with Crippen LogP contribution in [0.15, 0.2) is 52.9 Å². The van der Waals surface area contributed by atoms with Crippen molar-refractivity contribution in [3.63, 3.8) is 0 Å². The van der Waals surface area contributed by atoms with Gasteiger partial charge in [-0.15, -0.1) is 11.3 Å². The molecule has 0 aliphatic carbocycles. The second-order valence-electron chi connectivity index (χ2n) is 6.36. The third-order valence-electron chi connectivity index (χ3n) is 4.19. The van der Waals surface area contributed by atoms with E-state index in [0.29, 0.717) is 12.8 Å². The molecule has 150 valence electrons. The summed E-state index contributed by atoms with van der Waals surface area (Å²) in [4.78, 5) is 20.3. The van der Waals surface area contributed by atoms with E-state index in [0.717, 1.165) is 15.2 Å². The minimum atomic E-state index is -4.83. The van der Waals surface area contributed by atoms with Gasteiger partial charge in [0, 0.05) is 6.42 Å². The van der Waals surface area contributed by atoms with Gasteiger partial charge in [-0.25, -0.2) is 9.97 Å². The molecule has 0 spiro atoms. The Morgan fingerprint density at radius 2 is 1.79 bits per heavy atom. The monoisotopic (exact) mass is 420 g/mol.